The number of halogens is 2. The number of hydrogen-bond acceptors (Lipinski definition) is 3. The van der Waals surface area contributed by atoms with Crippen molar-refractivity contribution in [2.45, 2.75) is 18.4 Å². The highest BCUT2D eigenvalue weighted by Gasteiger charge is 2.48. The van der Waals surface area contributed by atoms with E-state index < -0.39 is 17.1 Å². The van der Waals surface area contributed by atoms with E-state index in [4.69, 9.17) is 0 Å². The van der Waals surface area contributed by atoms with Crippen LogP contribution >= 0.6 is 15.9 Å². The fourth-order valence-electron chi connectivity index (χ4n) is 1.61. The summed E-state index contributed by atoms with van der Waals surface area (Å²) in [5.74, 6) is -1.15. The van der Waals surface area contributed by atoms with Gasteiger partial charge in [0.15, 0.2) is 11.6 Å². The average molecular weight is 272 g/mol. The second-order valence-corrected chi connectivity index (χ2v) is 4.34. The van der Waals surface area contributed by atoms with Gasteiger partial charge in [-0.15, -0.1) is 0 Å². The predicted molar refractivity (Wildman–Crippen MR) is 54.8 cm³/mol. The Bertz CT molecular complexity index is 465. The zero-order valence-electron chi connectivity index (χ0n) is 7.63. The van der Waals surface area contributed by atoms with Gasteiger partial charge in [-0.3, -0.25) is 0 Å². The first-order valence-electron chi connectivity index (χ1n) is 4.37. The lowest BCUT2D eigenvalue weighted by atomic mass is 10.0. The average Bonchev–Trinajstić information content (AvgIpc) is 2.94. The summed E-state index contributed by atoms with van der Waals surface area (Å²) in [7, 11) is 0. The van der Waals surface area contributed by atoms with Gasteiger partial charge in [0.1, 0.15) is 5.54 Å². The summed E-state index contributed by atoms with van der Waals surface area (Å²) in [6.45, 7) is 0. The van der Waals surface area contributed by atoms with Gasteiger partial charge < -0.3 is 5.11 Å². The van der Waals surface area contributed by atoms with Crippen molar-refractivity contribution >= 4 is 22.0 Å². The first-order chi connectivity index (χ1) is 7.10. The van der Waals surface area contributed by atoms with Crippen LogP contribution in [0.15, 0.2) is 21.6 Å². The van der Waals surface area contributed by atoms with Gasteiger partial charge in [0.05, 0.1) is 0 Å². The molecule has 1 aliphatic carbocycles. The second-order valence-electron chi connectivity index (χ2n) is 3.49. The van der Waals surface area contributed by atoms with Gasteiger partial charge in [-0.2, -0.15) is 4.99 Å². The number of rotatable bonds is 2. The van der Waals surface area contributed by atoms with Crippen LogP contribution in [0.25, 0.3) is 0 Å². The van der Waals surface area contributed by atoms with Crippen molar-refractivity contribution in [1.82, 2.24) is 0 Å². The Labute approximate surface area is 93.8 Å². The molecule has 1 saturated carbocycles. The van der Waals surface area contributed by atoms with E-state index in [1.165, 1.54) is 12.1 Å². The Hall–Kier alpha value is -1.19. The maximum absolute atomic E-state index is 13.1. The molecule has 15 heavy (non-hydrogen) atoms. The van der Waals surface area contributed by atoms with Gasteiger partial charge in [0.25, 0.3) is 0 Å². The first-order valence-corrected chi connectivity index (χ1v) is 5.16. The maximum atomic E-state index is 13.1. The summed E-state index contributed by atoms with van der Waals surface area (Å²) < 4.78 is 13.7. The van der Waals surface area contributed by atoms with Crippen LogP contribution in [0.5, 0.6) is 5.75 Å². The smallest absolute Gasteiger partial charge is 0.235 e. The van der Waals surface area contributed by atoms with Crippen molar-refractivity contribution in [2.75, 3.05) is 0 Å². The van der Waals surface area contributed by atoms with Crippen LogP contribution in [0.2, 0.25) is 0 Å². The maximum Gasteiger partial charge on any atom is 0.235 e. The lowest BCUT2D eigenvalue weighted by molar-refractivity contribution is 0.418. The third-order valence-corrected chi connectivity index (χ3v) is 3.19. The molecule has 0 aliphatic heterocycles. The van der Waals surface area contributed by atoms with Crippen LogP contribution in [0.3, 0.4) is 0 Å². The minimum atomic E-state index is -0.771. The van der Waals surface area contributed by atoms with E-state index in [1.54, 1.807) is 0 Å². The molecule has 0 atom stereocenters. The predicted octanol–water partition coefficient (Wildman–Crippen LogP) is 2.62. The van der Waals surface area contributed by atoms with E-state index in [1.807, 2.05) is 0 Å². The van der Waals surface area contributed by atoms with E-state index in [9.17, 15) is 14.3 Å². The number of isocyanates is 1. The topological polar surface area (TPSA) is 49.7 Å². The van der Waals surface area contributed by atoms with E-state index >= 15 is 0 Å². The minimum Gasteiger partial charge on any atom is -0.505 e. The molecule has 1 aromatic carbocycles. The molecule has 0 radical (unpaired) electrons. The van der Waals surface area contributed by atoms with E-state index in [2.05, 4.69) is 20.9 Å². The standard InChI is InChI=1S/C10H7BrFNO2/c11-6-1-2-7(12)9(15)8(6)10(3-4-10)13-5-14/h1-2,15H,3-4H2. The SMILES string of the molecule is O=C=NC1(c2c(Br)ccc(F)c2O)CC1. The largest absolute Gasteiger partial charge is 0.505 e. The number of nitrogens with zero attached hydrogens (tertiary/aromatic N) is 1. The zero-order chi connectivity index (χ0) is 11.1. The van der Waals surface area contributed by atoms with Crippen LogP contribution in [0.4, 0.5) is 4.39 Å². The Morgan fingerprint density at radius 2 is 2.20 bits per heavy atom. The van der Waals surface area contributed by atoms with Crippen molar-refractivity contribution in [3.8, 4) is 5.75 Å². The number of phenols is 1. The summed E-state index contributed by atoms with van der Waals surface area (Å²) in [5, 5.41) is 9.59. The van der Waals surface area contributed by atoms with Crippen LogP contribution < -0.4 is 0 Å². The molecule has 2 rings (SSSR count). The fraction of sp³-hybridized carbons (Fsp3) is 0.300. The highest BCUT2D eigenvalue weighted by atomic mass is 79.9. The Morgan fingerprint density at radius 3 is 2.73 bits per heavy atom. The molecule has 1 fully saturated rings. The van der Waals surface area contributed by atoms with Crippen molar-refractivity contribution in [3.05, 3.63) is 28.0 Å². The van der Waals surface area contributed by atoms with Gasteiger partial charge in [0.2, 0.25) is 6.08 Å². The summed E-state index contributed by atoms with van der Waals surface area (Å²) in [5.41, 5.74) is -0.432. The van der Waals surface area contributed by atoms with E-state index in [0.29, 0.717) is 22.9 Å². The van der Waals surface area contributed by atoms with Gasteiger partial charge in [-0.25, -0.2) is 9.18 Å². The molecule has 0 aromatic heterocycles. The number of aliphatic imine (C=N–C) groups is 1. The molecule has 0 spiro atoms. The quantitative estimate of drug-likeness (QED) is 0.664. The van der Waals surface area contributed by atoms with Crippen molar-refractivity contribution in [1.29, 1.82) is 0 Å². The van der Waals surface area contributed by atoms with Crippen molar-refractivity contribution in [2.24, 2.45) is 4.99 Å². The van der Waals surface area contributed by atoms with E-state index in [-0.39, 0.29) is 0 Å². The normalized spacial score (nSPS) is 16.9. The Kier molecular flexibility index (Phi) is 2.37. The fourth-order valence-corrected chi connectivity index (χ4v) is 2.30. The third kappa shape index (κ3) is 1.58. The molecule has 0 amide bonds. The Morgan fingerprint density at radius 1 is 1.53 bits per heavy atom. The third-order valence-electron chi connectivity index (χ3n) is 2.53. The molecule has 5 heteroatoms. The minimum absolute atomic E-state index is 0.339. The van der Waals surface area contributed by atoms with Crippen LogP contribution in [0, 0.1) is 5.82 Å². The molecular formula is C10H7BrFNO2. The van der Waals surface area contributed by atoms with Crippen LogP contribution in [-0.4, -0.2) is 11.2 Å². The van der Waals surface area contributed by atoms with Crippen molar-refractivity contribution in [3.63, 3.8) is 0 Å². The lowest BCUT2D eigenvalue weighted by Gasteiger charge is -2.12. The molecule has 3 nitrogen and oxygen atoms in total. The van der Waals surface area contributed by atoms with Crippen molar-refractivity contribution < 1.29 is 14.3 Å². The number of carbonyl (C=O) groups excluding carboxylic acids is 1. The molecule has 0 bridgehead atoms. The number of hydrogen-bond donors (Lipinski definition) is 1. The summed E-state index contributed by atoms with van der Waals surface area (Å²) in [6, 6.07) is 2.65. The molecule has 0 saturated heterocycles. The van der Waals surface area contributed by atoms with Crippen LogP contribution in [0.1, 0.15) is 18.4 Å². The molecule has 0 heterocycles. The molecular weight excluding hydrogens is 265 g/mol. The van der Waals surface area contributed by atoms with Gasteiger partial charge in [0, 0.05) is 10.0 Å². The summed E-state index contributed by atoms with van der Waals surface area (Å²) in [6.07, 6.45) is 2.71. The van der Waals surface area contributed by atoms with Crippen LogP contribution in [-0.2, 0) is 10.3 Å². The molecule has 1 aliphatic rings. The monoisotopic (exact) mass is 271 g/mol. The second kappa shape index (κ2) is 3.43. The number of phenolic OH excluding ortho intramolecular Hbond substituents is 1. The number of benzene rings is 1. The Balaban J connectivity index is 2.62. The highest BCUT2D eigenvalue weighted by molar-refractivity contribution is 9.10. The number of aromatic hydroxyl groups is 1. The highest BCUT2D eigenvalue weighted by Crippen LogP contribution is 2.54. The molecule has 0 unspecified atom stereocenters. The summed E-state index contributed by atoms with van der Waals surface area (Å²) in [4.78, 5) is 13.9. The zero-order valence-corrected chi connectivity index (χ0v) is 9.21. The lowest BCUT2D eigenvalue weighted by Crippen LogP contribution is -2.05. The molecule has 78 valence electrons. The van der Waals surface area contributed by atoms with Gasteiger partial charge in [-0.05, 0) is 25.0 Å². The molecule has 1 N–H and O–H groups in total. The molecule has 1 aromatic rings. The summed E-state index contributed by atoms with van der Waals surface area (Å²) >= 11 is 3.21. The van der Waals surface area contributed by atoms with Gasteiger partial charge >= 0.3 is 0 Å². The van der Waals surface area contributed by atoms with E-state index in [0.717, 1.165) is 6.07 Å². The van der Waals surface area contributed by atoms with Gasteiger partial charge in [-0.1, -0.05) is 15.9 Å². The first kappa shape index (κ1) is 10.3.